The van der Waals surface area contributed by atoms with Gasteiger partial charge in [0, 0.05) is 13.6 Å². The summed E-state index contributed by atoms with van der Waals surface area (Å²) >= 11 is 1.59. The summed E-state index contributed by atoms with van der Waals surface area (Å²) in [6.07, 6.45) is 1.99. The molecule has 1 aromatic carbocycles. The molecule has 0 fully saturated rings. The first-order valence-electron chi connectivity index (χ1n) is 7.00. The molecule has 3 nitrogen and oxygen atoms in total. The summed E-state index contributed by atoms with van der Waals surface area (Å²) in [6, 6.07) is 8.57. The zero-order chi connectivity index (χ0) is 14.5. The number of hydrogen-bond acceptors (Lipinski definition) is 4. The van der Waals surface area contributed by atoms with Crippen LogP contribution in [-0.2, 0) is 19.6 Å². The van der Waals surface area contributed by atoms with Gasteiger partial charge in [-0.2, -0.15) is 0 Å². The molecule has 0 saturated carbocycles. The number of aromatic nitrogens is 1. The monoisotopic (exact) mass is 290 g/mol. The average Bonchev–Trinajstić information content (AvgIpc) is 2.85. The number of aliphatic hydroxyl groups excluding tert-OH is 1. The van der Waals surface area contributed by atoms with Crippen LogP contribution in [0.15, 0.2) is 24.3 Å². The predicted molar refractivity (Wildman–Crippen MR) is 85.3 cm³/mol. The fourth-order valence-corrected chi connectivity index (χ4v) is 3.05. The second-order valence-corrected chi connectivity index (χ2v) is 6.18. The predicted octanol–water partition coefficient (Wildman–Crippen LogP) is 3.53. The maximum absolute atomic E-state index is 9.41. The molecule has 0 atom stereocenters. The minimum Gasteiger partial charge on any atom is -0.391 e. The van der Waals surface area contributed by atoms with Gasteiger partial charge in [-0.25, -0.2) is 4.98 Å². The van der Waals surface area contributed by atoms with Gasteiger partial charge in [0.2, 0.25) is 0 Å². The summed E-state index contributed by atoms with van der Waals surface area (Å²) in [5, 5.41) is 10.4. The lowest BCUT2D eigenvalue weighted by Crippen LogP contribution is -2.16. The third-order valence-corrected chi connectivity index (χ3v) is 4.46. The number of thiazole rings is 1. The Morgan fingerprint density at radius 1 is 1.25 bits per heavy atom. The molecule has 0 aliphatic heterocycles. The molecule has 2 aromatic rings. The lowest BCUT2D eigenvalue weighted by atomic mass is 10.1. The van der Waals surface area contributed by atoms with Crippen LogP contribution in [-0.4, -0.2) is 17.1 Å². The molecule has 0 unspecified atom stereocenters. The lowest BCUT2D eigenvalue weighted by molar-refractivity contribution is 0.284. The van der Waals surface area contributed by atoms with Gasteiger partial charge in [0.05, 0.1) is 17.2 Å². The Morgan fingerprint density at radius 3 is 2.55 bits per heavy atom. The van der Waals surface area contributed by atoms with Crippen molar-refractivity contribution < 1.29 is 5.11 Å². The number of anilines is 1. The smallest absolute Gasteiger partial charge is 0.185 e. The van der Waals surface area contributed by atoms with Crippen molar-refractivity contribution in [1.29, 1.82) is 0 Å². The third-order valence-electron chi connectivity index (χ3n) is 3.26. The Balaban J connectivity index is 2.12. The van der Waals surface area contributed by atoms with E-state index < -0.39 is 0 Å². The molecule has 0 spiro atoms. The van der Waals surface area contributed by atoms with Gasteiger partial charge in [-0.15, -0.1) is 0 Å². The molecule has 0 aliphatic carbocycles. The third kappa shape index (κ3) is 3.58. The maximum atomic E-state index is 9.41. The Labute approximate surface area is 124 Å². The Hall–Kier alpha value is -1.39. The second kappa shape index (κ2) is 6.86. The molecular weight excluding hydrogens is 268 g/mol. The number of nitrogens with zero attached hydrogens (tertiary/aromatic N) is 2. The van der Waals surface area contributed by atoms with Gasteiger partial charge >= 0.3 is 0 Å². The maximum Gasteiger partial charge on any atom is 0.185 e. The Morgan fingerprint density at radius 2 is 1.95 bits per heavy atom. The van der Waals surface area contributed by atoms with E-state index in [2.05, 4.69) is 55.0 Å². The number of aliphatic hydroxyl groups is 1. The largest absolute Gasteiger partial charge is 0.391 e. The SMILES string of the molecule is CCCc1nc(N(C)Cc2ccc(C)cc2)sc1CO. The molecule has 1 aromatic heterocycles. The summed E-state index contributed by atoms with van der Waals surface area (Å²) in [5.41, 5.74) is 3.60. The first-order chi connectivity index (χ1) is 9.63. The minimum absolute atomic E-state index is 0.0887. The van der Waals surface area contributed by atoms with Crippen LogP contribution in [0.4, 0.5) is 5.13 Å². The van der Waals surface area contributed by atoms with E-state index >= 15 is 0 Å². The highest BCUT2D eigenvalue weighted by Crippen LogP contribution is 2.27. The van der Waals surface area contributed by atoms with Crippen LogP contribution in [0.5, 0.6) is 0 Å². The van der Waals surface area contributed by atoms with Gasteiger partial charge in [-0.3, -0.25) is 0 Å². The zero-order valence-corrected chi connectivity index (χ0v) is 13.2. The van der Waals surface area contributed by atoms with Crippen LogP contribution in [0.25, 0.3) is 0 Å². The Kier molecular flexibility index (Phi) is 5.15. The molecule has 0 amide bonds. The summed E-state index contributed by atoms with van der Waals surface area (Å²) in [7, 11) is 2.05. The fourth-order valence-electron chi connectivity index (χ4n) is 2.12. The lowest BCUT2D eigenvalue weighted by Gasteiger charge is -2.15. The molecule has 0 aliphatic rings. The van der Waals surface area contributed by atoms with Crippen LogP contribution in [0, 0.1) is 6.92 Å². The molecule has 4 heteroatoms. The van der Waals surface area contributed by atoms with Crippen molar-refractivity contribution in [3.8, 4) is 0 Å². The van der Waals surface area contributed by atoms with Crippen LogP contribution in [0.1, 0.15) is 35.0 Å². The molecule has 108 valence electrons. The van der Waals surface area contributed by atoms with Crippen LogP contribution < -0.4 is 4.90 Å². The summed E-state index contributed by atoms with van der Waals surface area (Å²) in [6.45, 7) is 5.16. The van der Waals surface area contributed by atoms with Gasteiger partial charge in [0.1, 0.15) is 0 Å². The first kappa shape index (κ1) is 15.0. The van der Waals surface area contributed by atoms with E-state index in [1.807, 2.05) is 0 Å². The normalized spacial score (nSPS) is 10.8. The highest BCUT2D eigenvalue weighted by molar-refractivity contribution is 7.15. The molecule has 0 bridgehead atoms. The average molecular weight is 290 g/mol. The number of rotatable bonds is 6. The highest BCUT2D eigenvalue weighted by Gasteiger charge is 2.13. The minimum atomic E-state index is 0.0887. The van der Waals surface area contributed by atoms with Crippen molar-refractivity contribution >= 4 is 16.5 Å². The number of hydrogen-bond donors (Lipinski definition) is 1. The van der Waals surface area contributed by atoms with E-state index in [9.17, 15) is 5.11 Å². The van der Waals surface area contributed by atoms with Crippen molar-refractivity contribution in [3.63, 3.8) is 0 Å². The number of benzene rings is 1. The van der Waals surface area contributed by atoms with Crippen LogP contribution >= 0.6 is 11.3 Å². The van der Waals surface area contributed by atoms with E-state index in [4.69, 9.17) is 0 Å². The quantitative estimate of drug-likeness (QED) is 0.884. The van der Waals surface area contributed by atoms with Gasteiger partial charge in [-0.05, 0) is 18.9 Å². The number of aryl methyl sites for hydroxylation is 2. The molecule has 20 heavy (non-hydrogen) atoms. The molecule has 2 rings (SSSR count). The second-order valence-electron chi connectivity index (χ2n) is 5.12. The molecule has 0 saturated heterocycles. The van der Waals surface area contributed by atoms with Crippen molar-refractivity contribution in [2.75, 3.05) is 11.9 Å². The summed E-state index contributed by atoms with van der Waals surface area (Å²) in [5.74, 6) is 0. The van der Waals surface area contributed by atoms with Gasteiger partial charge < -0.3 is 10.0 Å². The van der Waals surface area contributed by atoms with E-state index in [1.54, 1.807) is 11.3 Å². The van der Waals surface area contributed by atoms with Crippen molar-refractivity contribution in [3.05, 3.63) is 46.0 Å². The Bertz CT molecular complexity index is 548. The summed E-state index contributed by atoms with van der Waals surface area (Å²) in [4.78, 5) is 7.81. The fraction of sp³-hybridized carbons (Fsp3) is 0.438. The standard InChI is InChI=1S/C16H22N2OS/c1-4-5-14-15(11-19)20-16(17-14)18(3)10-13-8-6-12(2)7-9-13/h6-9,19H,4-5,10-11H2,1-3H3. The van der Waals surface area contributed by atoms with E-state index in [0.717, 1.165) is 35.1 Å². The molecule has 1 N–H and O–H groups in total. The van der Waals surface area contributed by atoms with E-state index in [0.29, 0.717) is 0 Å². The van der Waals surface area contributed by atoms with E-state index in [-0.39, 0.29) is 6.61 Å². The topological polar surface area (TPSA) is 36.4 Å². The molecule has 0 radical (unpaired) electrons. The highest BCUT2D eigenvalue weighted by atomic mass is 32.1. The first-order valence-corrected chi connectivity index (χ1v) is 7.81. The van der Waals surface area contributed by atoms with Gasteiger partial charge in [0.25, 0.3) is 0 Å². The van der Waals surface area contributed by atoms with Crippen molar-refractivity contribution in [2.45, 2.75) is 39.8 Å². The molecule has 1 heterocycles. The molecular formula is C16H22N2OS. The van der Waals surface area contributed by atoms with Gasteiger partial charge in [-0.1, -0.05) is 54.5 Å². The zero-order valence-electron chi connectivity index (χ0n) is 12.4. The van der Waals surface area contributed by atoms with Crippen LogP contribution in [0.2, 0.25) is 0 Å². The van der Waals surface area contributed by atoms with Gasteiger partial charge in [0.15, 0.2) is 5.13 Å². The van der Waals surface area contributed by atoms with E-state index in [1.165, 1.54) is 11.1 Å². The summed E-state index contributed by atoms with van der Waals surface area (Å²) < 4.78 is 0. The van der Waals surface area contributed by atoms with Crippen molar-refractivity contribution in [2.24, 2.45) is 0 Å². The van der Waals surface area contributed by atoms with Crippen LogP contribution in [0.3, 0.4) is 0 Å². The van der Waals surface area contributed by atoms with Crippen molar-refractivity contribution in [1.82, 2.24) is 4.98 Å².